The molecule has 1 saturated heterocycles. The van der Waals surface area contributed by atoms with E-state index < -0.39 is 0 Å². The molecule has 1 aromatic heterocycles. The van der Waals surface area contributed by atoms with Crippen LogP contribution in [0.1, 0.15) is 33.6 Å². The van der Waals surface area contributed by atoms with Crippen molar-refractivity contribution in [1.29, 1.82) is 0 Å². The maximum atomic E-state index is 4.09. The van der Waals surface area contributed by atoms with Crippen LogP contribution in [0.5, 0.6) is 0 Å². The number of imidazole rings is 1. The van der Waals surface area contributed by atoms with Gasteiger partial charge in [-0.05, 0) is 52.2 Å². The Kier molecular flexibility index (Phi) is 5.40. The molecular weight excluding hydrogens is 236 g/mol. The van der Waals surface area contributed by atoms with Crippen LogP contribution in [0.4, 0.5) is 0 Å². The summed E-state index contributed by atoms with van der Waals surface area (Å²) in [5, 5.41) is 3.75. The molecule has 2 rings (SSSR count). The van der Waals surface area contributed by atoms with Gasteiger partial charge >= 0.3 is 0 Å². The monoisotopic (exact) mass is 264 g/mol. The standard InChI is InChI=1S/C15H28N4/c1-4-18-8-5-15(6-9-18)14(3)17-13(2)11-19-10-7-16-12-19/h7,10,12-15,17H,4-6,8-9,11H2,1-3H3. The zero-order chi connectivity index (χ0) is 13.7. The first kappa shape index (κ1) is 14.5. The van der Waals surface area contributed by atoms with Crippen molar-refractivity contribution in [3.05, 3.63) is 18.7 Å². The van der Waals surface area contributed by atoms with E-state index in [2.05, 4.69) is 40.5 Å². The number of hydrogen-bond acceptors (Lipinski definition) is 3. The summed E-state index contributed by atoms with van der Waals surface area (Å²) in [5.74, 6) is 0.827. The van der Waals surface area contributed by atoms with Crippen molar-refractivity contribution in [2.24, 2.45) is 5.92 Å². The molecule has 108 valence electrons. The predicted octanol–water partition coefficient (Wildman–Crippen LogP) is 1.98. The molecule has 19 heavy (non-hydrogen) atoms. The molecule has 0 amide bonds. The summed E-state index contributed by atoms with van der Waals surface area (Å²) in [5.41, 5.74) is 0. The normalized spacial score (nSPS) is 21.4. The lowest BCUT2D eigenvalue weighted by Crippen LogP contribution is -2.45. The van der Waals surface area contributed by atoms with Gasteiger partial charge in [-0.2, -0.15) is 0 Å². The quantitative estimate of drug-likeness (QED) is 0.853. The van der Waals surface area contributed by atoms with E-state index in [1.165, 1.54) is 32.5 Å². The maximum Gasteiger partial charge on any atom is 0.0946 e. The average Bonchev–Trinajstić information content (AvgIpc) is 2.91. The van der Waals surface area contributed by atoms with Crippen LogP contribution in [0.3, 0.4) is 0 Å². The molecule has 4 heteroatoms. The summed E-state index contributed by atoms with van der Waals surface area (Å²) < 4.78 is 2.14. The van der Waals surface area contributed by atoms with Crippen molar-refractivity contribution >= 4 is 0 Å². The molecule has 2 atom stereocenters. The Bertz CT molecular complexity index is 341. The van der Waals surface area contributed by atoms with Crippen LogP contribution in [0.2, 0.25) is 0 Å². The minimum atomic E-state index is 0.494. The third-order valence-electron chi connectivity index (χ3n) is 4.38. The highest BCUT2D eigenvalue weighted by atomic mass is 15.1. The summed E-state index contributed by atoms with van der Waals surface area (Å²) in [6, 6.07) is 1.10. The van der Waals surface area contributed by atoms with Gasteiger partial charge in [-0.1, -0.05) is 6.92 Å². The van der Waals surface area contributed by atoms with Crippen LogP contribution in [0.25, 0.3) is 0 Å². The van der Waals surface area contributed by atoms with Gasteiger partial charge < -0.3 is 14.8 Å². The number of aromatic nitrogens is 2. The zero-order valence-electron chi connectivity index (χ0n) is 12.5. The van der Waals surface area contributed by atoms with Crippen LogP contribution in [0.15, 0.2) is 18.7 Å². The molecular formula is C15H28N4. The summed E-state index contributed by atoms with van der Waals surface area (Å²) in [7, 11) is 0. The Labute approximate surface area is 117 Å². The Morgan fingerprint density at radius 2 is 2.05 bits per heavy atom. The van der Waals surface area contributed by atoms with Gasteiger partial charge in [-0.15, -0.1) is 0 Å². The average molecular weight is 264 g/mol. The molecule has 1 aliphatic heterocycles. The van der Waals surface area contributed by atoms with Gasteiger partial charge in [0.2, 0.25) is 0 Å². The highest BCUT2D eigenvalue weighted by Crippen LogP contribution is 2.20. The summed E-state index contributed by atoms with van der Waals surface area (Å²) in [4.78, 5) is 6.65. The smallest absolute Gasteiger partial charge is 0.0946 e. The van der Waals surface area contributed by atoms with E-state index in [-0.39, 0.29) is 0 Å². The summed E-state index contributed by atoms with van der Waals surface area (Å²) in [6.45, 7) is 11.6. The van der Waals surface area contributed by atoms with Crippen LogP contribution < -0.4 is 5.32 Å². The topological polar surface area (TPSA) is 33.1 Å². The lowest BCUT2D eigenvalue weighted by molar-refractivity contribution is 0.164. The molecule has 4 nitrogen and oxygen atoms in total. The fourth-order valence-electron chi connectivity index (χ4n) is 3.12. The lowest BCUT2D eigenvalue weighted by atomic mass is 9.90. The van der Waals surface area contributed by atoms with Crippen molar-refractivity contribution in [1.82, 2.24) is 19.8 Å². The van der Waals surface area contributed by atoms with Crippen molar-refractivity contribution in [2.75, 3.05) is 19.6 Å². The molecule has 0 spiro atoms. The third-order valence-corrected chi connectivity index (χ3v) is 4.38. The molecule has 0 bridgehead atoms. The largest absolute Gasteiger partial charge is 0.336 e. The molecule has 0 radical (unpaired) electrons. The van der Waals surface area contributed by atoms with E-state index in [4.69, 9.17) is 0 Å². The van der Waals surface area contributed by atoms with Crippen LogP contribution in [-0.4, -0.2) is 46.2 Å². The van der Waals surface area contributed by atoms with E-state index >= 15 is 0 Å². The van der Waals surface area contributed by atoms with Gasteiger partial charge in [0.25, 0.3) is 0 Å². The maximum absolute atomic E-state index is 4.09. The molecule has 1 aliphatic rings. The molecule has 1 fully saturated rings. The Hall–Kier alpha value is -0.870. The number of piperidine rings is 1. The number of likely N-dealkylation sites (tertiary alicyclic amines) is 1. The van der Waals surface area contributed by atoms with Crippen molar-refractivity contribution < 1.29 is 0 Å². The summed E-state index contributed by atoms with van der Waals surface area (Å²) >= 11 is 0. The first-order chi connectivity index (χ1) is 9.19. The molecule has 1 N–H and O–H groups in total. The Balaban J connectivity index is 1.73. The van der Waals surface area contributed by atoms with Crippen LogP contribution >= 0.6 is 0 Å². The van der Waals surface area contributed by atoms with E-state index in [0.717, 1.165) is 12.5 Å². The second-order valence-electron chi connectivity index (χ2n) is 5.89. The van der Waals surface area contributed by atoms with E-state index in [1.807, 2.05) is 18.7 Å². The van der Waals surface area contributed by atoms with E-state index in [0.29, 0.717) is 12.1 Å². The SMILES string of the molecule is CCN1CCC(C(C)NC(C)Cn2ccnc2)CC1. The Morgan fingerprint density at radius 3 is 2.63 bits per heavy atom. The lowest BCUT2D eigenvalue weighted by Gasteiger charge is -2.35. The van der Waals surface area contributed by atoms with Crippen LogP contribution in [0, 0.1) is 5.92 Å². The second-order valence-corrected chi connectivity index (χ2v) is 5.89. The van der Waals surface area contributed by atoms with Crippen molar-refractivity contribution in [3.63, 3.8) is 0 Å². The molecule has 0 aromatic carbocycles. The fourth-order valence-corrected chi connectivity index (χ4v) is 3.12. The van der Waals surface area contributed by atoms with Gasteiger partial charge in [0.05, 0.1) is 6.33 Å². The zero-order valence-corrected chi connectivity index (χ0v) is 12.5. The predicted molar refractivity (Wildman–Crippen MR) is 79.1 cm³/mol. The minimum absolute atomic E-state index is 0.494. The van der Waals surface area contributed by atoms with Gasteiger partial charge in [0.1, 0.15) is 0 Å². The number of hydrogen-bond donors (Lipinski definition) is 1. The molecule has 0 aliphatic carbocycles. The van der Waals surface area contributed by atoms with Crippen LogP contribution in [-0.2, 0) is 6.54 Å². The summed E-state index contributed by atoms with van der Waals surface area (Å²) in [6.07, 6.45) is 8.43. The number of nitrogens with one attached hydrogen (secondary N) is 1. The minimum Gasteiger partial charge on any atom is -0.336 e. The van der Waals surface area contributed by atoms with E-state index in [9.17, 15) is 0 Å². The highest BCUT2D eigenvalue weighted by molar-refractivity contribution is 4.82. The number of nitrogens with zero attached hydrogens (tertiary/aromatic N) is 3. The van der Waals surface area contributed by atoms with Gasteiger partial charge in [-0.25, -0.2) is 4.98 Å². The molecule has 2 heterocycles. The van der Waals surface area contributed by atoms with Gasteiger partial charge in [-0.3, -0.25) is 0 Å². The third kappa shape index (κ3) is 4.32. The Morgan fingerprint density at radius 1 is 1.32 bits per heavy atom. The van der Waals surface area contributed by atoms with Crippen molar-refractivity contribution in [2.45, 2.75) is 52.2 Å². The highest BCUT2D eigenvalue weighted by Gasteiger charge is 2.23. The first-order valence-electron chi connectivity index (χ1n) is 7.63. The van der Waals surface area contributed by atoms with Crippen molar-refractivity contribution in [3.8, 4) is 0 Å². The molecule has 0 saturated carbocycles. The van der Waals surface area contributed by atoms with Gasteiger partial charge in [0, 0.05) is 31.0 Å². The number of rotatable bonds is 6. The molecule has 1 aromatic rings. The first-order valence-corrected chi connectivity index (χ1v) is 7.63. The fraction of sp³-hybridized carbons (Fsp3) is 0.800. The molecule has 2 unspecified atom stereocenters. The van der Waals surface area contributed by atoms with E-state index in [1.54, 1.807) is 0 Å². The second kappa shape index (κ2) is 7.06. The van der Waals surface area contributed by atoms with Gasteiger partial charge in [0.15, 0.2) is 0 Å².